The van der Waals surface area contributed by atoms with Crippen LogP contribution in [-0.4, -0.2) is 15.2 Å². The molecule has 0 saturated heterocycles. The zero-order chi connectivity index (χ0) is 15.0. The molecule has 1 aliphatic rings. The van der Waals surface area contributed by atoms with E-state index < -0.39 is 0 Å². The highest BCUT2D eigenvalue weighted by Gasteiger charge is 2.30. The van der Waals surface area contributed by atoms with Crippen molar-refractivity contribution in [3.8, 4) is 17.2 Å². The number of benzene rings is 1. The van der Waals surface area contributed by atoms with Crippen LogP contribution in [0.15, 0.2) is 22.7 Å². The van der Waals surface area contributed by atoms with Gasteiger partial charge in [0.25, 0.3) is 5.89 Å². The third-order valence-corrected chi connectivity index (χ3v) is 4.64. The fourth-order valence-electron chi connectivity index (χ4n) is 2.82. The lowest BCUT2D eigenvalue weighted by Gasteiger charge is -2.32. The Morgan fingerprint density at radius 2 is 2.00 bits per heavy atom. The molecule has 1 fully saturated rings. The minimum atomic E-state index is 0.0506. The molecule has 3 rings (SSSR count). The first kappa shape index (κ1) is 14.4. The number of aromatic hydroxyl groups is 1. The van der Waals surface area contributed by atoms with E-state index in [9.17, 15) is 5.11 Å². The Labute approximate surface area is 129 Å². The molecule has 0 radical (unpaired) electrons. The molecule has 0 amide bonds. The summed E-state index contributed by atoms with van der Waals surface area (Å²) in [5.41, 5.74) is 1.15. The van der Waals surface area contributed by atoms with Gasteiger partial charge in [0.1, 0.15) is 5.75 Å². The van der Waals surface area contributed by atoms with Crippen molar-refractivity contribution in [2.45, 2.75) is 45.4 Å². The smallest absolute Gasteiger partial charge is 0.257 e. The van der Waals surface area contributed by atoms with Gasteiger partial charge in [-0.2, -0.15) is 4.98 Å². The molecule has 5 heteroatoms. The van der Waals surface area contributed by atoms with Crippen molar-refractivity contribution in [3.05, 3.63) is 29.0 Å². The number of phenolic OH excluding ortho intramolecular Hbond substituents is 1. The Morgan fingerprint density at radius 3 is 2.67 bits per heavy atom. The highest BCUT2D eigenvalue weighted by molar-refractivity contribution is 6.32. The number of nitrogens with zero attached hydrogens (tertiary/aromatic N) is 2. The number of halogens is 1. The Kier molecular flexibility index (Phi) is 3.66. The SMILES string of the molecule is CC1(C)CCC(c2noc(-c3ccc(O)c(Cl)c3)n2)CC1. The zero-order valence-electron chi connectivity index (χ0n) is 12.3. The maximum Gasteiger partial charge on any atom is 0.257 e. The molecule has 2 aromatic rings. The van der Waals surface area contributed by atoms with E-state index in [4.69, 9.17) is 16.1 Å². The molecule has 1 N–H and O–H groups in total. The molecule has 1 aromatic heterocycles. The van der Waals surface area contributed by atoms with Crippen LogP contribution in [0, 0.1) is 5.41 Å². The highest BCUT2D eigenvalue weighted by atomic mass is 35.5. The van der Waals surface area contributed by atoms with Gasteiger partial charge in [-0.05, 0) is 49.3 Å². The van der Waals surface area contributed by atoms with Crippen LogP contribution in [0.3, 0.4) is 0 Å². The fourth-order valence-corrected chi connectivity index (χ4v) is 3.00. The van der Waals surface area contributed by atoms with Gasteiger partial charge >= 0.3 is 0 Å². The molecule has 1 aromatic carbocycles. The van der Waals surface area contributed by atoms with Gasteiger partial charge in [0, 0.05) is 11.5 Å². The molecular weight excluding hydrogens is 288 g/mol. The molecule has 0 aliphatic heterocycles. The quantitative estimate of drug-likeness (QED) is 0.867. The minimum absolute atomic E-state index is 0.0506. The third-order valence-electron chi connectivity index (χ3n) is 4.34. The monoisotopic (exact) mass is 306 g/mol. The van der Waals surface area contributed by atoms with Crippen molar-refractivity contribution in [1.82, 2.24) is 10.1 Å². The van der Waals surface area contributed by atoms with Gasteiger partial charge in [0.15, 0.2) is 5.82 Å². The molecule has 4 nitrogen and oxygen atoms in total. The highest BCUT2D eigenvalue weighted by Crippen LogP contribution is 2.42. The number of aromatic nitrogens is 2. The van der Waals surface area contributed by atoms with Crippen LogP contribution < -0.4 is 0 Å². The molecule has 0 atom stereocenters. The third kappa shape index (κ3) is 3.05. The number of hydrogen-bond donors (Lipinski definition) is 1. The van der Waals surface area contributed by atoms with Gasteiger partial charge in [0.05, 0.1) is 5.02 Å². The Hall–Kier alpha value is -1.55. The normalized spacial score (nSPS) is 18.8. The van der Waals surface area contributed by atoms with Crippen LogP contribution in [-0.2, 0) is 0 Å². The van der Waals surface area contributed by atoms with Gasteiger partial charge in [0.2, 0.25) is 0 Å². The molecule has 0 unspecified atom stereocenters. The lowest BCUT2D eigenvalue weighted by molar-refractivity contribution is 0.218. The first-order chi connectivity index (χ1) is 9.94. The summed E-state index contributed by atoms with van der Waals surface area (Å²) in [6, 6.07) is 4.89. The number of phenols is 1. The maximum absolute atomic E-state index is 9.45. The second kappa shape index (κ2) is 5.34. The molecule has 0 spiro atoms. The molecule has 1 saturated carbocycles. The van der Waals surface area contributed by atoms with Gasteiger partial charge in [-0.3, -0.25) is 0 Å². The first-order valence-corrected chi connectivity index (χ1v) is 7.65. The van der Waals surface area contributed by atoms with E-state index in [2.05, 4.69) is 24.0 Å². The van der Waals surface area contributed by atoms with E-state index in [-0.39, 0.29) is 10.8 Å². The van der Waals surface area contributed by atoms with Gasteiger partial charge in [-0.25, -0.2) is 0 Å². The summed E-state index contributed by atoms with van der Waals surface area (Å²) in [5, 5.41) is 13.9. The van der Waals surface area contributed by atoms with Crippen molar-refractivity contribution in [2.24, 2.45) is 5.41 Å². The fraction of sp³-hybridized carbons (Fsp3) is 0.500. The van der Waals surface area contributed by atoms with Gasteiger partial charge in [-0.15, -0.1) is 0 Å². The first-order valence-electron chi connectivity index (χ1n) is 7.27. The van der Waals surface area contributed by atoms with E-state index in [1.807, 2.05) is 0 Å². The lowest BCUT2D eigenvalue weighted by atomic mass is 9.73. The molecule has 1 heterocycles. The van der Waals surface area contributed by atoms with Crippen molar-refractivity contribution in [3.63, 3.8) is 0 Å². The summed E-state index contributed by atoms with van der Waals surface area (Å²) in [6.07, 6.45) is 4.57. The summed E-state index contributed by atoms with van der Waals surface area (Å²) >= 11 is 5.91. The van der Waals surface area contributed by atoms with Gasteiger partial charge < -0.3 is 9.63 Å². The number of hydrogen-bond acceptors (Lipinski definition) is 4. The summed E-state index contributed by atoms with van der Waals surface area (Å²) < 4.78 is 5.35. The van der Waals surface area contributed by atoms with Crippen LogP contribution in [0.2, 0.25) is 5.02 Å². The maximum atomic E-state index is 9.45. The van der Waals surface area contributed by atoms with Crippen molar-refractivity contribution < 1.29 is 9.63 Å². The van der Waals surface area contributed by atoms with E-state index in [1.165, 1.54) is 18.9 Å². The second-order valence-corrected chi connectivity index (χ2v) is 6.97. The summed E-state index contributed by atoms with van der Waals surface area (Å²) in [7, 11) is 0. The molecule has 21 heavy (non-hydrogen) atoms. The largest absolute Gasteiger partial charge is 0.506 e. The summed E-state index contributed by atoms with van der Waals surface area (Å²) in [5.74, 6) is 1.67. The Morgan fingerprint density at radius 1 is 1.29 bits per heavy atom. The lowest BCUT2D eigenvalue weighted by Crippen LogP contribution is -2.20. The Bertz CT molecular complexity index is 641. The predicted molar refractivity (Wildman–Crippen MR) is 81.4 cm³/mol. The average Bonchev–Trinajstić information content (AvgIpc) is 2.91. The van der Waals surface area contributed by atoms with Crippen LogP contribution in [0.25, 0.3) is 11.5 Å². The van der Waals surface area contributed by atoms with E-state index >= 15 is 0 Å². The van der Waals surface area contributed by atoms with Crippen LogP contribution in [0.5, 0.6) is 5.75 Å². The molecule has 1 aliphatic carbocycles. The van der Waals surface area contributed by atoms with Crippen LogP contribution >= 0.6 is 11.6 Å². The van der Waals surface area contributed by atoms with Gasteiger partial charge in [-0.1, -0.05) is 30.6 Å². The predicted octanol–water partition coefficient (Wildman–Crippen LogP) is 4.78. The van der Waals surface area contributed by atoms with Crippen LogP contribution in [0.1, 0.15) is 51.3 Å². The molecular formula is C16H19ClN2O2. The standard InChI is InChI=1S/C16H19ClN2O2/c1-16(2)7-5-10(6-8-16)14-18-15(21-19-14)11-3-4-13(20)12(17)9-11/h3-4,9-10,20H,5-8H2,1-2H3. The van der Waals surface area contributed by atoms with Crippen molar-refractivity contribution >= 4 is 11.6 Å². The average molecular weight is 307 g/mol. The summed E-state index contributed by atoms with van der Waals surface area (Å²) in [4.78, 5) is 4.50. The second-order valence-electron chi connectivity index (χ2n) is 6.56. The molecule has 112 valence electrons. The van der Waals surface area contributed by atoms with Crippen LogP contribution in [0.4, 0.5) is 0 Å². The number of rotatable bonds is 2. The topological polar surface area (TPSA) is 59.2 Å². The van der Waals surface area contributed by atoms with E-state index in [0.29, 0.717) is 17.2 Å². The van der Waals surface area contributed by atoms with E-state index in [0.717, 1.165) is 24.2 Å². The summed E-state index contributed by atoms with van der Waals surface area (Å²) in [6.45, 7) is 4.62. The minimum Gasteiger partial charge on any atom is -0.506 e. The van der Waals surface area contributed by atoms with Crippen molar-refractivity contribution in [1.29, 1.82) is 0 Å². The van der Waals surface area contributed by atoms with E-state index in [1.54, 1.807) is 12.1 Å². The zero-order valence-corrected chi connectivity index (χ0v) is 13.0. The van der Waals surface area contributed by atoms with Crippen molar-refractivity contribution in [2.75, 3.05) is 0 Å². The molecule has 0 bridgehead atoms. The Balaban J connectivity index is 1.79.